The Balaban J connectivity index is 1.77. The highest BCUT2D eigenvalue weighted by molar-refractivity contribution is 7.80. The fourth-order valence-corrected chi connectivity index (χ4v) is 3.89. The van der Waals surface area contributed by atoms with Gasteiger partial charge in [-0.2, -0.15) is 0 Å². The van der Waals surface area contributed by atoms with E-state index in [1.807, 2.05) is 64.2 Å². The Labute approximate surface area is 174 Å². The van der Waals surface area contributed by atoms with Gasteiger partial charge < -0.3 is 19.5 Å². The van der Waals surface area contributed by atoms with Gasteiger partial charge in [0.2, 0.25) is 0 Å². The van der Waals surface area contributed by atoms with Gasteiger partial charge >= 0.3 is 5.97 Å². The van der Waals surface area contributed by atoms with Gasteiger partial charge in [-0.1, -0.05) is 12.1 Å². The Morgan fingerprint density at radius 3 is 2.62 bits per heavy atom. The van der Waals surface area contributed by atoms with Crippen LogP contribution in [0.2, 0.25) is 0 Å². The average molecular weight is 407 g/mol. The van der Waals surface area contributed by atoms with E-state index in [2.05, 4.69) is 15.3 Å². The van der Waals surface area contributed by atoms with Crippen LogP contribution in [0.4, 0.5) is 0 Å². The molecule has 3 aromatic rings. The summed E-state index contributed by atoms with van der Waals surface area (Å²) in [4.78, 5) is 23.1. The molecule has 1 aliphatic rings. The lowest BCUT2D eigenvalue weighted by Crippen LogP contribution is -2.36. The van der Waals surface area contributed by atoms with E-state index in [9.17, 15) is 4.79 Å². The molecule has 0 radical (unpaired) electrons. The Morgan fingerprint density at radius 2 is 1.93 bits per heavy atom. The van der Waals surface area contributed by atoms with Crippen LogP contribution in [0, 0.1) is 0 Å². The van der Waals surface area contributed by atoms with Crippen molar-refractivity contribution < 1.29 is 9.53 Å². The van der Waals surface area contributed by atoms with E-state index in [0.717, 1.165) is 17.2 Å². The molecule has 0 bridgehead atoms. The normalized spacial score (nSPS) is 18.5. The first-order valence-electron chi connectivity index (χ1n) is 9.41. The van der Waals surface area contributed by atoms with E-state index in [-0.39, 0.29) is 24.6 Å². The van der Waals surface area contributed by atoms with Crippen LogP contribution in [0.15, 0.2) is 67.1 Å². The SMILES string of the molecule is CCOC(=O)CN1C(=S)NC(c2ccccn2)C1c1cccn1-c1ccccn1. The maximum atomic E-state index is 12.3. The molecular formula is C21H21N5O2S. The minimum Gasteiger partial charge on any atom is -0.465 e. The molecule has 0 spiro atoms. The number of nitrogens with zero attached hydrogens (tertiary/aromatic N) is 4. The van der Waals surface area contributed by atoms with E-state index >= 15 is 0 Å². The highest BCUT2D eigenvalue weighted by atomic mass is 32.1. The lowest BCUT2D eigenvalue weighted by molar-refractivity contribution is -0.143. The second-order valence-corrected chi connectivity index (χ2v) is 6.94. The summed E-state index contributed by atoms with van der Waals surface area (Å²) >= 11 is 5.59. The molecule has 148 valence electrons. The number of ether oxygens (including phenoxy) is 1. The van der Waals surface area contributed by atoms with Crippen molar-refractivity contribution in [1.29, 1.82) is 0 Å². The minimum absolute atomic E-state index is 0.0566. The summed E-state index contributed by atoms with van der Waals surface area (Å²) in [5, 5.41) is 3.83. The summed E-state index contributed by atoms with van der Waals surface area (Å²) in [6.07, 6.45) is 5.46. The standard InChI is InChI=1S/C21H21N5O2S/c1-2-28-18(27)14-26-20(19(24-21(26)29)15-8-3-5-11-22-15)16-9-7-13-25(16)17-10-4-6-12-23-17/h3-13,19-20H,2,14H2,1H3,(H,24,29). The molecule has 2 atom stereocenters. The Kier molecular flexibility index (Phi) is 5.53. The van der Waals surface area contributed by atoms with Gasteiger partial charge in [-0.3, -0.25) is 9.78 Å². The predicted molar refractivity (Wildman–Crippen MR) is 112 cm³/mol. The summed E-state index contributed by atoms with van der Waals surface area (Å²) in [7, 11) is 0. The van der Waals surface area contributed by atoms with Crippen molar-refractivity contribution in [3.63, 3.8) is 0 Å². The number of esters is 1. The number of hydrogen-bond acceptors (Lipinski definition) is 5. The summed E-state index contributed by atoms with van der Waals surface area (Å²) < 4.78 is 7.18. The minimum atomic E-state index is -0.320. The highest BCUT2D eigenvalue weighted by Crippen LogP contribution is 2.39. The predicted octanol–water partition coefficient (Wildman–Crippen LogP) is 2.80. The maximum Gasteiger partial charge on any atom is 0.325 e. The van der Waals surface area contributed by atoms with Gasteiger partial charge in [0.25, 0.3) is 0 Å². The van der Waals surface area contributed by atoms with Crippen molar-refractivity contribution in [2.75, 3.05) is 13.2 Å². The fraction of sp³-hybridized carbons (Fsp3) is 0.238. The molecule has 8 heteroatoms. The zero-order valence-electron chi connectivity index (χ0n) is 15.9. The van der Waals surface area contributed by atoms with E-state index in [0.29, 0.717) is 11.7 Å². The number of carbonyl (C=O) groups excluding carboxylic acids is 1. The largest absolute Gasteiger partial charge is 0.465 e. The summed E-state index contributed by atoms with van der Waals surface area (Å²) in [5.74, 6) is 0.473. The molecule has 3 aromatic heterocycles. The lowest BCUT2D eigenvalue weighted by atomic mass is 10.0. The van der Waals surface area contributed by atoms with Crippen LogP contribution < -0.4 is 5.32 Å². The molecule has 0 saturated carbocycles. The van der Waals surface area contributed by atoms with Gasteiger partial charge in [0.1, 0.15) is 12.4 Å². The highest BCUT2D eigenvalue weighted by Gasteiger charge is 2.42. The second kappa shape index (κ2) is 8.40. The number of nitrogens with one attached hydrogen (secondary N) is 1. The van der Waals surface area contributed by atoms with Gasteiger partial charge in [-0.15, -0.1) is 0 Å². The van der Waals surface area contributed by atoms with Crippen LogP contribution in [-0.2, 0) is 9.53 Å². The number of aromatic nitrogens is 3. The first-order chi connectivity index (χ1) is 14.2. The third-order valence-electron chi connectivity index (χ3n) is 4.78. The van der Waals surface area contributed by atoms with Crippen LogP contribution in [0.25, 0.3) is 5.82 Å². The van der Waals surface area contributed by atoms with Crippen molar-refractivity contribution in [2.24, 2.45) is 0 Å². The first kappa shape index (κ1) is 19.1. The van der Waals surface area contributed by atoms with Crippen molar-refractivity contribution in [2.45, 2.75) is 19.0 Å². The van der Waals surface area contributed by atoms with Crippen molar-refractivity contribution in [1.82, 2.24) is 24.8 Å². The molecule has 2 unspecified atom stereocenters. The fourth-order valence-electron chi connectivity index (χ4n) is 3.58. The quantitative estimate of drug-likeness (QED) is 0.498. The Bertz CT molecular complexity index is 993. The van der Waals surface area contributed by atoms with Gasteiger partial charge in [0.05, 0.1) is 24.4 Å². The van der Waals surface area contributed by atoms with Gasteiger partial charge in [0.15, 0.2) is 5.11 Å². The third kappa shape index (κ3) is 3.84. The van der Waals surface area contributed by atoms with Gasteiger partial charge in [-0.25, -0.2) is 4.98 Å². The topological polar surface area (TPSA) is 72.3 Å². The average Bonchev–Trinajstić information content (AvgIpc) is 3.34. The lowest BCUT2D eigenvalue weighted by Gasteiger charge is -2.28. The molecule has 1 saturated heterocycles. The maximum absolute atomic E-state index is 12.3. The zero-order valence-corrected chi connectivity index (χ0v) is 16.7. The Morgan fingerprint density at radius 1 is 1.14 bits per heavy atom. The van der Waals surface area contributed by atoms with Crippen LogP contribution in [0.1, 0.15) is 30.4 Å². The summed E-state index contributed by atoms with van der Waals surface area (Å²) in [6, 6.07) is 15.0. The van der Waals surface area contributed by atoms with Crippen molar-refractivity contribution >= 4 is 23.3 Å². The molecule has 1 aliphatic heterocycles. The monoisotopic (exact) mass is 407 g/mol. The molecule has 1 fully saturated rings. The zero-order chi connectivity index (χ0) is 20.2. The number of pyridine rings is 2. The van der Waals surface area contributed by atoms with E-state index in [4.69, 9.17) is 17.0 Å². The van der Waals surface area contributed by atoms with Crippen LogP contribution >= 0.6 is 12.2 Å². The second-order valence-electron chi connectivity index (χ2n) is 6.55. The molecule has 0 aliphatic carbocycles. The van der Waals surface area contributed by atoms with Crippen molar-refractivity contribution in [3.05, 3.63) is 78.5 Å². The summed E-state index contributed by atoms with van der Waals surface area (Å²) in [6.45, 7) is 2.17. The molecule has 29 heavy (non-hydrogen) atoms. The molecule has 7 nitrogen and oxygen atoms in total. The molecule has 0 aromatic carbocycles. The number of carbonyl (C=O) groups is 1. The molecule has 4 heterocycles. The number of thiocarbonyl (C=S) groups is 1. The molecule has 1 N–H and O–H groups in total. The van der Waals surface area contributed by atoms with Crippen LogP contribution in [-0.4, -0.2) is 43.7 Å². The van der Waals surface area contributed by atoms with E-state index < -0.39 is 0 Å². The van der Waals surface area contributed by atoms with Gasteiger partial charge in [0, 0.05) is 24.3 Å². The molecule has 0 amide bonds. The summed E-state index contributed by atoms with van der Waals surface area (Å²) in [5.41, 5.74) is 1.80. The van der Waals surface area contributed by atoms with Crippen LogP contribution in [0.5, 0.6) is 0 Å². The number of rotatable bonds is 6. The van der Waals surface area contributed by atoms with E-state index in [1.54, 1.807) is 19.3 Å². The molecule has 4 rings (SSSR count). The third-order valence-corrected chi connectivity index (χ3v) is 5.13. The number of hydrogen-bond donors (Lipinski definition) is 1. The van der Waals surface area contributed by atoms with Crippen LogP contribution in [0.3, 0.4) is 0 Å². The van der Waals surface area contributed by atoms with E-state index in [1.165, 1.54) is 0 Å². The van der Waals surface area contributed by atoms with Crippen molar-refractivity contribution in [3.8, 4) is 5.82 Å². The smallest absolute Gasteiger partial charge is 0.325 e. The molecular weight excluding hydrogens is 386 g/mol. The Hall–Kier alpha value is -3.26. The first-order valence-corrected chi connectivity index (χ1v) is 9.82. The van der Waals surface area contributed by atoms with Gasteiger partial charge in [-0.05, 0) is 55.5 Å².